The summed E-state index contributed by atoms with van der Waals surface area (Å²) in [6.07, 6.45) is 6.49. The number of aromatic nitrogens is 2. The van der Waals surface area contributed by atoms with Gasteiger partial charge in [-0.05, 0) is 61.4 Å². The van der Waals surface area contributed by atoms with E-state index in [0.29, 0.717) is 35.6 Å². The van der Waals surface area contributed by atoms with Crippen LogP contribution in [0.5, 0.6) is 0 Å². The second kappa shape index (κ2) is 7.59. The molecule has 3 fully saturated rings. The molecule has 1 aromatic carbocycles. The van der Waals surface area contributed by atoms with Crippen LogP contribution < -0.4 is 0 Å². The van der Waals surface area contributed by atoms with E-state index in [1.54, 1.807) is 6.07 Å². The number of pyridine rings is 1. The third-order valence-electron chi connectivity index (χ3n) is 7.60. The number of carbonyl (C=O) groups is 1. The van der Waals surface area contributed by atoms with Crippen LogP contribution in [0.4, 0.5) is 4.39 Å². The summed E-state index contributed by atoms with van der Waals surface area (Å²) >= 11 is 1.48. The molecule has 2 saturated carbocycles. The number of likely N-dealkylation sites (tertiary alicyclic amines) is 1. The van der Waals surface area contributed by atoms with E-state index in [9.17, 15) is 9.18 Å². The molecular formula is C25H26FN3O2S. The zero-order valence-corrected chi connectivity index (χ0v) is 19.0. The lowest BCUT2D eigenvalue weighted by atomic mass is 9.72. The highest BCUT2D eigenvalue weighted by atomic mass is 32.1. The van der Waals surface area contributed by atoms with Gasteiger partial charge in [0, 0.05) is 36.3 Å². The second-order valence-electron chi connectivity index (χ2n) is 9.55. The zero-order valence-electron chi connectivity index (χ0n) is 18.1. The van der Waals surface area contributed by atoms with Gasteiger partial charge in [0.05, 0.1) is 13.0 Å². The molecule has 5 nitrogen and oxygen atoms in total. The maximum Gasteiger partial charge on any atom is 0.311 e. The van der Waals surface area contributed by atoms with Gasteiger partial charge in [-0.1, -0.05) is 23.8 Å². The van der Waals surface area contributed by atoms with Gasteiger partial charge in [-0.3, -0.25) is 9.69 Å². The van der Waals surface area contributed by atoms with Gasteiger partial charge in [0.1, 0.15) is 21.2 Å². The monoisotopic (exact) mass is 451 g/mol. The largest absolute Gasteiger partial charge is 0.469 e. The number of hydrogen-bond acceptors (Lipinski definition) is 6. The number of rotatable bonds is 6. The fourth-order valence-corrected chi connectivity index (χ4v) is 6.25. The van der Waals surface area contributed by atoms with E-state index in [1.807, 2.05) is 12.1 Å². The number of esters is 1. The average Bonchev–Trinajstić information content (AvgIpc) is 3.39. The Bertz CT molecular complexity index is 1200. The molecule has 32 heavy (non-hydrogen) atoms. The number of benzene rings is 1. The molecule has 0 atom stereocenters. The molecule has 2 aliphatic carbocycles. The summed E-state index contributed by atoms with van der Waals surface area (Å²) in [6, 6.07) is 9.55. The Morgan fingerprint density at radius 2 is 2.03 bits per heavy atom. The average molecular weight is 452 g/mol. The van der Waals surface area contributed by atoms with E-state index in [2.05, 4.69) is 22.0 Å². The molecule has 0 amide bonds. The van der Waals surface area contributed by atoms with Crippen LogP contribution in [0.3, 0.4) is 0 Å². The van der Waals surface area contributed by atoms with E-state index < -0.39 is 0 Å². The van der Waals surface area contributed by atoms with E-state index in [0.717, 1.165) is 21.8 Å². The molecule has 3 aromatic rings. The minimum absolute atomic E-state index is 0.0664. The van der Waals surface area contributed by atoms with Gasteiger partial charge in [0.2, 0.25) is 0 Å². The molecule has 6 rings (SSSR count). The van der Waals surface area contributed by atoms with E-state index in [4.69, 9.17) is 9.72 Å². The van der Waals surface area contributed by atoms with Gasteiger partial charge in [-0.15, -0.1) is 0 Å². The lowest BCUT2D eigenvalue weighted by Gasteiger charge is -2.37. The van der Waals surface area contributed by atoms with Gasteiger partial charge < -0.3 is 4.74 Å². The summed E-state index contributed by atoms with van der Waals surface area (Å²) in [7, 11) is 1.41. The summed E-state index contributed by atoms with van der Waals surface area (Å²) in [6.45, 7) is 1.94. The van der Waals surface area contributed by atoms with Crippen molar-refractivity contribution in [1.29, 1.82) is 0 Å². The normalized spacial score (nSPS) is 20.7. The predicted octanol–water partition coefficient (Wildman–Crippen LogP) is 4.93. The lowest BCUT2D eigenvalue weighted by Crippen LogP contribution is -2.49. The molecule has 3 aliphatic rings. The number of hydrogen-bond donors (Lipinski definition) is 0. The van der Waals surface area contributed by atoms with Crippen LogP contribution >= 0.6 is 11.3 Å². The molecule has 166 valence electrons. The molecule has 3 heterocycles. The van der Waals surface area contributed by atoms with Crippen LogP contribution in [0.25, 0.3) is 20.9 Å². The molecule has 0 N–H and O–H groups in total. The number of nitrogens with zero attached hydrogens (tertiary/aromatic N) is 3. The van der Waals surface area contributed by atoms with Crippen molar-refractivity contribution in [3.8, 4) is 10.6 Å². The molecule has 1 aliphatic heterocycles. The van der Waals surface area contributed by atoms with Crippen molar-refractivity contribution in [3.05, 3.63) is 47.4 Å². The van der Waals surface area contributed by atoms with Crippen LogP contribution in [0.15, 0.2) is 30.3 Å². The fraction of sp³-hybridized carbons (Fsp3) is 0.480. The summed E-state index contributed by atoms with van der Waals surface area (Å²) in [5, 5.41) is 0.678. The highest BCUT2D eigenvalue weighted by molar-refractivity contribution is 7.21. The Balaban J connectivity index is 1.20. The Morgan fingerprint density at radius 3 is 2.69 bits per heavy atom. The van der Waals surface area contributed by atoms with Gasteiger partial charge in [-0.25, -0.2) is 14.4 Å². The van der Waals surface area contributed by atoms with Crippen molar-refractivity contribution >= 4 is 27.7 Å². The van der Waals surface area contributed by atoms with Crippen LogP contribution in [0, 0.1) is 17.7 Å². The zero-order chi connectivity index (χ0) is 21.9. The van der Waals surface area contributed by atoms with Crippen molar-refractivity contribution < 1.29 is 13.9 Å². The minimum atomic E-state index is -0.264. The van der Waals surface area contributed by atoms with Crippen LogP contribution in [0.2, 0.25) is 0 Å². The quantitative estimate of drug-likeness (QED) is 0.497. The van der Waals surface area contributed by atoms with E-state index in [-0.39, 0.29) is 17.7 Å². The molecular weight excluding hydrogens is 425 g/mol. The number of methoxy groups -OCH3 is 1. The molecule has 0 bridgehead atoms. The highest BCUT2D eigenvalue weighted by Crippen LogP contribution is 2.59. The Labute approximate surface area is 190 Å². The Hall–Kier alpha value is -2.38. The van der Waals surface area contributed by atoms with Crippen molar-refractivity contribution in [1.82, 2.24) is 14.9 Å². The van der Waals surface area contributed by atoms with Crippen LogP contribution in [0.1, 0.15) is 43.4 Å². The van der Waals surface area contributed by atoms with Gasteiger partial charge in [0.15, 0.2) is 0 Å². The summed E-state index contributed by atoms with van der Waals surface area (Å²) in [5.74, 6) is 0.290. The van der Waals surface area contributed by atoms with Crippen molar-refractivity contribution in [2.24, 2.45) is 11.8 Å². The van der Waals surface area contributed by atoms with E-state index >= 15 is 0 Å². The number of thiazole rings is 1. The molecule has 1 saturated heterocycles. The second-order valence-corrected chi connectivity index (χ2v) is 10.5. The Morgan fingerprint density at radius 1 is 1.22 bits per heavy atom. The summed E-state index contributed by atoms with van der Waals surface area (Å²) < 4.78 is 19.8. The first-order chi connectivity index (χ1) is 15.6. The molecule has 0 spiro atoms. The number of ether oxygens (including phenoxy) is 1. The fourth-order valence-electron chi connectivity index (χ4n) is 5.28. The van der Waals surface area contributed by atoms with Crippen LogP contribution in [-0.4, -0.2) is 41.0 Å². The third kappa shape index (κ3) is 3.33. The van der Waals surface area contributed by atoms with Crippen molar-refractivity contribution in [3.63, 3.8) is 0 Å². The number of carbonyl (C=O) groups excluding carboxylic acids is 1. The van der Waals surface area contributed by atoms with Crippen molar-refractivity contribution in [2.75, 3.05) is 20.2 Å². The lowest BCUT2D eigenvalue weighted by molar-refractivity contribution is -0.151. The summed E-state index contributed by atoms with van der Waals surface area (Å²) in [4.78, 5) is 24.2. The molecule has 7 heteroatoms. The summed E-state index contributed by atoms with van der Waals surface area (Å²) in [5.41, 5.74) is 3.77. The van der Waals surface area contributed by atoms with E-state index in [1.165, 1.54) is 56.2 Å². The molecule has 0 radical (unpaired) electrons. The van der Waals surface area contributed by atoms with Gasteiger partial charge >= 0.3 is 5.97 Å². The maximum atomic E-state index is 15.0. The van der Waals surface area contributed by atoms with Gasteiger partial charge in [-0.2, -0.15) is 0 Å². The highest BCUT2D eigenvalue weighted by Gasteiger charge is 2.53. The van der Waals surface area contributed by atoms with Crippen LogP contribution in [-0.2, 0) is 21.5 Å². The topological polar surface area (TPSA) is 55.3 Å². The molecule has 0 unspecified atom stereocenters. The standard InChI is InChI=1S/C25H26FN3O2S/c1-31-24(30)16-13-29(14-16)12-15-5-6-18(19(26)11-15)22-27-20-7-8-21(28-23(20)32-22)25(9-10-25)17-3-2-4-17/h5-8,11,16-17H,2-4,9-10,12-14H2,1H3. The smallest absolute Gasteiger partial charge is 0.311 e. The third-order valence-corrected chi connectivity index (χ3v) is 8.60. The SMILES string of the molecule is COC(=O)C1CN(Cc2ccc(-c3nc4ccc(C5(C6CCC6)CC5)nc4s3)c(F)c2)C1. The minimum Gasteiger partial charge on any atom is -0.469 e. The molecule has 2 aromatic heterocycles. The first-order valence-electron chi connectivity index (χ1n) is 11.4. The Kier molecular flexibility index (Phi) is 4.80. The number of halogens is 1. The number of fused-ring (bicyclic) bond motifs is 1. The van der Waals surface area contributed by atoms with Gasteiger partial charge in [0.25, 0.3) is 0 Å². The maximum absolute atomic E-state index is 15.0. The van der Waals surface area contributed by atoms with Crippen molar-refractivity contribution in [2.45, 2.75) is 44.1 Å². The first-order valence-corrected chi connectivity index (χ1v) is 12.2. The predicted molar refractivity (Wildman–Crippen MR) is 122 cm³/mol. The first kappa shape index (κ1) is 20.2.